The Bertz CT molecular complexity index is 991. The van der Waals surface area contributed by atoms with Crippen molar-refractivity contribution in [3.05, 3.63) is 65.5 Å². The number of hydrogen-bond donors (Lipinski definition) is 2. The van der Waals surface area contributed by atoms with Crippen LogP contribution in [0, 0.1) is 5.92 Å². The molecule has 0 saturated carbocycles. The van der Waals surface area contributed by atoms with E-state index < -0.39 is 11.7 Å². The Morgan fingerprint density at radius 2 is 2.21 bits per heavy atom. The van der Waals surface area contributed by atoms with Crippen LogP contribution in [0.3, 0.4) is 0 Å². The first-order chi connectivity index (χ1) is 13.5. The van der Waals surface area contributed by atoms with Gasteiger partial charge in [-0.1, -0.05) is 24.3 Å². The minimum atomic E-state index is -1.14. The van der Waals surface area contributed by atoms with E-state index in [1.807, 2.05) is 24.3 Å². The standard InChI is InChI=1S/C23H24N2O3/c1-25-10-8-23-16-6-7-22(27,12-14-3-2-9-24-13-14)21(23)28-20-18(26)5-4-15(19(20)23)11-17(16)25/h2-7,9,13,16-17,21,26-27H,8,10-12H2,1H3/t16-,17+,21-,22+,23-/m0/s1. The molecule has 2 aliphatic carbocycles. The highest BCUT2D eigenvalue weighted by Crippen LogP contribution is 2.64. The zero-order chi connectivity index (χ0) is 19.1. The normalized spacial score (nSPS) is 37.4. The van der Waals surface area contributed by atoms with E-state index in [0.717, 1.165) is 30.5 Å². The lowest BCUT2D eigenvalue weighted by atomic mass is 9.51. The number of rotatable bonds is 2. The quantitative estimate of drug-likeness (QED) is 0.787. The van der Waals surface area contributed by atoms with E-state index in [2.05, 4.69) is 23.0 Å². The molecular formula is C23H24N2O3. The Kier molecular flexibility index (Phi) is 3.18. The first-order valence-electron chi connectivity index (χ1n) is 10.1. The van der Waals surface area contributed by atoms with E-state index in [4.69, 9.17) is 4.74 Å². The number of phenolic OH excluding ortho intramolecular Hbond substituents is 1. The number of phenols is 1. The lowest BCUT2D eigenvalue weighted by molar-refractivity contribution is -0.0974. The minimum Gasteiger partial charge on any atom is -0.504 e. The van der Waals surface area contributed by atoms with Gasteiger partial charge in [-0.15, -0.1) is 0 Å². The zero-order valence-corrected chi connectivity index (χ0v) is 15.9. The van der Waals surface area contributed by atoms with Gasteiger partial charge in [0.25, 0.3) is 0 Å². The van der Waals surface area contributed by atoms with Gasteiger partial charge in [-0.05, 0) is 49.7 Å². The number of likely N-dealkylation sites (tertiary alicyclic amines) is 1. The number of benzene rings is 1. The van der Waals surface area contributed by atoms with Crippen molar-refractivity contribution >= 4 is 0 Å². The molecule has 2 aliphatic heterocycles. The summed E-state index contributed by atoms with van der Waals surface area (Å²) in [6.07, 6.45) is 9.62. The van der Waals surface area contributed by atoms with Crippen molar-refractivity contribution in [3.8, 4) is 11.5 Å². The van der Waals surface area contributed by atoms with Gasteiger partial charge in [0, 0.05) is 41.8 Å². The number of aliphatic hydroxyl groups is 1. The van der Waals surface area contributed by atoms with Crippen molar-refractivity contribution in [2.45, 2.75) is 42.4 Å². The van der Waals surface area contributed by atoms with Crippen molar-refractivity contribution in [2.24, 2.45) is 5.92 Å². The zero-order valence-electron chi connectivity index (χ0n) is 15.9. The van der Waals surface area contributed by atoms with Crippen LogP contribution in [0.5, 0.6) is 11.5 Å². The van der Waals surface area contributed by atoms with Crippen LogP contribution in [-0.4, -0.2) is 51.4 Å². The van der Waals surface area contributed by atoms with Crippen molar-refractivity contribution in [1.29, 1.82) is 0 Å². The maximum absolute atomic E-state index is 11.8. The summed E-state index contributed by atoms with van der Waals surface area (Å²) in [6.45, 7) is 0.965. The molecule has 0 unspecified atom stereocenters. The molecule has 3 heterocycles. The van der Waals surface area contributed by atoms with Gasteiger partial charge in [-0.3, -0.25) is 4.98 Å². The molecule has 5 heteroatoms. The smallest absolute Gasteiger partial charge is 0.165 e. The third-order valence-electron chi connectivity index (χ3n) is 7.53. The highest BCUT2D eigenvalue weighted by Gasteiger charge is 2.67. The molecule has 5 atom stereocenters. The molecule has 144 valence electrons. The van der Waals surface area contributed by atoms with Crippen LogP contribution in [0.15, 0.2) is 48.8 Å². The van der Waals surface area contributed by atoms with Crippen LogP contribution in [0.4, 0.5) is 0 Å². The Balaban J connectivity index is 1.56. The van der Waals surface area contributed by atoms with Crippen molar-refractivity contribution < 1.29 is 14.9 Å². The fraction of sp³-hybridized carbons (Fsp3) is 0.435. The van der Waals surface area contributed by atoms with Crippen molar-refractivity contribution in [3.63, 3.8) is 0 Å². The van der Waals surface area contributed by atoms with E-state index in [0.29, 0.717) is 18.2 Å². The summed E-state index contributed by atoms with van der Waals surface area (Å²) in [6, 6.07) is 8.06. The SMILES string of the molecule is CN1CC[C@]23c4c5ccc(O)c4O[C@H]2[C@](O)(Cc2cccnc2)C=C[C@H]3[C@H]1C5. The molecule has 1 spiro atoms. The summed E-state index contributed by atoms with van der Waals surface area (Å²) in [5.74, 6) is 1.05. The maximum atomic E-state index is 11.8. The number of nitrogens with zero attached hydrogens (tertiary/aromatic N) is 2. The molecule has 2 N–H and O–H groups in total. The van der Waals surface area contributed by atoms with E-state index >= 15 is 0 Å². The lowest BCUT2D eigenvalue weighted by Crippen LogP contribution is -2.68. The van der Waals surface area contributed by atoms with Gasteiger partial charge in [0.2, 0.25) is 0 Å². The van der Waals surface area contributed by atoms with E-state index in [1.54, 1.807) is 18.5 Å². The summed E-state index contributed by atoms with van der Waals surface area (Å²) >= 11 is 0. The van der Waals surface area contributed by atoms with Gasteiger partial charge >= 0.3 is 0 Å². The number of ether oxygens (including phenoxy) is 1. The number of aromatic hydroxyl groups is 1. The monoisotopic (exact) mass is 376 g/mol. The Hall–Kier alpha value is -2.37. The molecule has 2 bridgehead atoms. The summed E-state index contributed by atoms with van der Waals surface area (Å²) in [5.41, 5.74) is 1.95. The van der Waals surface area contributed by atoms with Gasteiger partial charge < -0.3 is 19.8 Å². The Labute approximate surface area is 164 Å². The molecular weight excluding hydrogens is 352 g/mol. The predicted molar refractivity (Wildman–Crippen MR) is 104 cm³/mol. The van der Waals surface area contributed by atoms with Crippen LogP contribution in [-0.2, 0) is 18.3 Å². The van der Waals surface area contributed by atoms with Gasteiger partial charge in [-0.2, -0.15) is 0 Å². The minimum absolute atomic E-state index is 0.183. The molecule has 1 aromatic heterocycles. The molecule has 1 aromatic carbocycles. The summed E-state index contributed by atoms with van der Waals surface area (Å²) in [4.78, 5) is 6.65. The molecule has 28 heavy (non-hydrogen) atoms. The Morgan fingerprint density at radius 1 is 1.32 bits per heavy atom. The second kappa shape index (κ2) is 5.37. The number of likely N-dealkylation sites (N-methyl/N-ethyl adjacent to an activating group) is 1. The maximum Gasteiger partial charge on any atom is 0.165 e. The largest absolute Gasteiger partial charge is 0.504 e. The highest BCUT2D eigenvalue weighted by molar-refractivity contribution is 5.62. The summed E-state index contributed by atoms with van der Waals surface area (Å²) < 4.78 is 6.44. The third kappa shape index (κ3) is 1.91. The fourth-order valence-electron chi connectivity index (χ4n) is 6.37. The van der Waals surface area contributed by atoms with Crippen molar-refractivity contribution in [2.75, 3.05) is 13.6 Å². The number of hydrogen-bond acceptors (Lipinski definition) is 5. The third-order valence-corrected chi connectivity index (χ3v) is 7.53. The Morgan fingerprint density at radius 3 is 3.04 bits per heavy atom. The van der Waals surface area contributed by atoms with Gasteiger partial charge in [-0.25, -0.2) is 0 Å². The second-order valence-corrected chi connectivity index (χ2v) is 8.90. The molecule has 1 fully saturated rings. The van der Waals surface area contributed by atoms with Crippen molar-refractivity contribution in [1.82, 2.24) is 9.88 Å². The second-order valence-electron chi connectivity index (χ2n) is 8.90. The number of aromatic nitrogens is 1. The molecule has 0 amide bonds. The molecule has 1 saturated heterocycles. The molecule has 5 nitrogen and oxygen atoms in total. The molecule has 0 radical (unpaired) electrons. The van der Waals surface area contributed by atoms with E-state index in [-0.39, 0.29) is 17.1 Å². The van der Waals surface area contributed by atoms with Crippen LogP contribution in [0.2, 0.25) is 0 Å². The average molecular weight is 376 g/mol. The molecule has 4 aliphatic rings. The number of pyridine rings is 1. The molecule has 6 rings (SSSR count). The summed E-state index contributed by atoms with van der Waals surface area (Å²) in [5, 5.41) is 22.4. The number of piperidine rings is 1. The molecule has 2 aromatic rings. The summed E-state index contributed by atoms with van der Waals surface area (Å²) in [7, 11) is 2.19. The van der Waals surface area contributed by atoms with E-state index in [1.165, 1.54) is 5.56 Å². The highest BCUT2D eigenvalue weighted by atomic mass is 16.5. The van der Waals surface area contributed by atoms with E-state index in [9.17, 15) is 10.2 Å². The van der Waals surface area contributed by atoms with Gasteiger partial charge in [0.05, 0.1) is 0 Å². The van der Waals surface area contributed by atoms with Gasteiger partial charge in [0.15, 0.2) is 11.5 Å². The van der Waals surface area contributed by atoms with Gasteiger partial charge in [0.1, 0.15) is 11.7 Å². The predicted octanol–water partition coefficient (Wildman–Crippen LogP) is 2.21. The average Bonchev–Trinajstić information content (AvgIpc) is 3.05. The van der Waals surface area contributed by atoms with Crippen LogP contribution >= 0.6 is 0 Å². The van der Waals surface area contributed by atoms with Crippen LogP contribution in [0.25, 0.3) is 0 Å². The van der Waals surface area contributed by atoms with Crippen LogP contribution < -0.4 is 4.74 Å². The van der Waals surface area contributed by atoms with Crippen LogP contribution in [0.1, 0.15) is 23.1 Å². The topological polar surface area (TPSA) is 65.8 Å². The first-order valence-corrected chi connectivity index (χ1v) is 10.1. The lowest BCUT2D eigenvalue weighted by Gasteiger charge is -2.58. The first kappa shape index (κ1) is 16.6. The fourth-order valence-corrected chi connectivity index (χ4v) is 6.37.